The van der Waals surface area contributed by atoms with Crippen LogP contribution < -0.4 is 5.32 Å². The van der Waals surface area contributed by atoms with Crippen molar-refractivity contribution in [3.05, 3.63) is 59.9 Å². The fourth-order valence-corrected chi connectivity index (χ4v) is 3.93. The molecule has 1 aromatic heterocycles. The van der Waals surface area contributed by atoms with Crippen molar-refractivity contribution in [1.29, 1.82) is 0 Å². The Morgan fingerprint density at radius 2 is 1.83 bits per heavy atom. The van der Waals surface area contributed by atoms with Crippen LogP contribution in [-0.2, 0) is 7.05 Å². The average molecular weight is 308 g/mol. The minimum atomic E-state index is -0.177. The maximum atomic E-state index is 13.8. The zero-order valence-electron chi connectivity index (χ0n) is 13.3. The summed E-state index contributed by atoms with van der Waals surface area (Å²) in [4.78, 5) is 0. The van der Waals surface area contributed by atoms with Crippen molar-refractivity contribution in [3.63, 3.8) is 0 Å². The molecule has 3 heteroatoms. The number of hydrogen-bond acceptors (Lipinski definition) is 1. The number of halogens is 1. The normalized spacial score (nSPS) is 16.1. The van der Waals surface area contributed by atoms with Gasteiger partial charge in [0.05, 0.1) is 5.69 Å². The Labute approximate surface area is 135 Å². The molecule has 2 aromatic carbocycles. The van der Waals surface area contributed by atoms with Gasteiger partial charge in [0.15, 0.2) is 0 Å². The molecule has 0 atom stereocenters. The second-order valence-electron chi connectivity index (χ2n) is 6.37. The van der Waals surface area contributed by atoms with E-state index in [9.17, 15) is 4.39 Å². The molecule has 0 bridgehead atoms. The lowest BCUT2D eigenvalue weighted by atomic mass is 9.86. The van der Waals surface area contributed by atoms with Crippen LogP contribution in [0.5, 0.6) is 0 Å². The van der Waals surface area contributed by atoms with E-state index in [0.29, 0.717) is 5.92 Å². The lowest BCUT2D eigenvalue weighted by Gasteiger charge is -2.24. The van der Waals surface area contributed by atoms with Crippen LogP contribution in [0.2, 0.25) is 0 Å². The van der Waals surface area contributed by atoms with E-state index in [0.717, 1.165) is 37.2 Å². The van der Waals surface area contributed by atoms with E-state index in [2.05, 4.69) is 41.2 Å². The molecule has 0 spiro atoms. The van der Waals surface area contributed by atoms with Crippen molar-refractivity contribution in [1.82, 2.24) is 9.88 Å². The number of aromatic nitrogens is 1. The maximum Gasteiger partial charge on any atom is 0.123 e. The summed E-state index contributed by atoms with van der Waals surface area (Å²) in [6, 6.07) is 15.5. The summed E-state index contributed by atoms with van der Waals surface area (Å²) < 4.78 is 16.0. The average Bonchev–Trinajstić information content (AvgIpc) is 2.89. The van der Waals surface area contributed by atoms with E-state index in [1.165, 1.54) is 22.5 Å². The third kappa shape index (κ3) is 2.45. The van der Waals surface area contributed by atoms with Gasteiger partial charge in [0, 0.05) is 23.5 Å². The predicted molar refractivity (Wildman–Crippen MR) is 93.2 cm³/mol. The van der Waals surface area contributed by atoms with Gasteiger partial charge in [-0.15, -0.1) is 0 Å². The van der Waals surface area contributed by atoms with Gasteiger partial charge < -0.3 is 9.88 Å². The fourth-order valence-electron chi connectivity index (χ4n) is 3.93. The van der Waals surface area contributed by atoms with Gasteiger partial charge in [-0.1, -0.05) is 30.3 Å². The molecule has 0 radical (unpaired) electrons. The molecule has 1 aliphatic heterocycles. The van der Waals surface area contributed by atoms with Crippen LogP contribution in [0, 0.1) is 5.82 Å². The molecule has 1 fully saturated rings. The first kappa shape index (κ1) is 14.5. The third-order valence-electron chi connectivity index (χ3n) is 4.99. The van der Waals surface area contributed by atoms with E-state index in [1.807, 2.05) is 6.07 Å². The van der Waals surface area contributed by atoms with Crippen molar-refractivity contribution in [3.8, 4) is 11.3 Å². The molecule has 3 aromatic rings. The van der Waals surface area contributed by atoms with Crippen LogP contribution >= 0.6 is 0 Å². The number of hydrogen-bond donors (Lipinski definition) is 1. The lowest BCUT2D eigenvalue weighted by Crippen LogP contribution is -2.26. The first-order valence-electron chi connectivity index (χ1n) is 8.29. The minimum absolute atomic E-state index is 0.177. The molecule has 0 amide bonds. The minimum Gasteiger partial charge on any atom is -0.343 e. The summed E-state index contributed by atoms with van der Waals surface area (Å²) in [7, 11) is 2.09. The topological polar surface area (TPSA) is 17.0 Å². The molecule has 2 nitrogen and oxygen atoms in total. The summed E-state index contributed by atoms with van der Waals surface area (Å²) in [5.74, 6) is 0.352. The molecule has 1 aliphatic rings. The Balaban J connectivity index is 1.99. The zero-order valence-corrected chi connectivity index (χ0v) is 13.3. The Morgan fingerprint density at radius 1 is 1.04 bits per heavy atom. The second kappa shape index (κ2) is 5.82. The van der Waals surface area contributed by atoms with Gasteiger partial charge >= 0.3 is 0 Å². The third-order valence-corrected chi connectivity index (χ3v) is 4.99. The van der Waals surface area contributed by atoms with Crippen LogP contribution in [0.4, 0.5) is 4.39 Å². The van der Waals surface area contributed by atoms with Crippen molar-refractivity contribution in [2.24, 2.45) is 7.05 Å². The van der Waals surface area contributed by atoms with Gasteiger partial charge in [0.1, 0.15) is 5.82 Å². The monoisotopic (exact) mass is 308 g/mol. The van der Waals surface area contributed by atoms with E-state index in [1.54, 1.807) is 12.1 Å². The largest absolute Gasteiger partial charge is 0.343 e. The van der Waals surface area contributed by atoms with E-state index >= 15 is 0 Å². The molecule has 4 rings (SSSR count). The van der Waals surface area contributed by atoms with E-state index in [4.69, 9.17) is 0 Å². The molecular formula is C20H21FN2. The number of benzene rings is 2. The van der Waals surface area contributed by atoms with Gasteiger partial charge in [-0.25, -0.2) is 4.39 Å². The van der Waals surface area contributed by atoms with Crippen LogP contribution in [0.15, 0.2) is 48.5 Å². The zero-order chi connectivity index (χ0) is 15.8. The molecule has 118 valence electrons. The van der Waals surface area contributed by atoms with Crippen molar-refractivity contribution in [2.45, 2.75) is 18.8 Å². The molecule has 1 saturated heterocycles. The van der Waals surface area contributed by atoms with Crippen molar-refractivity contribution in [2.75, 3.05) is 13.1 Å². The molecule has 2 heterocycles. The number of piperidine rings is 1. The molecular weight excluding hydrogens is 287 g/mol. The summed E-state index contributed by atoms with van der Waals surface area (Å²) in [5, 5.41) is 4.75. The molecule has 0 aliphatic carbocycles. The van der Waals surface area contributed by atoms with Gasteiger partial charge in [-0.3, -0.25) is 0 Å². The fraction of sp³-hybridized carbons (Fsp3) is 0.300. The van der Waals surface area contributed by atoms with Gasteiger partial charge in [0.25, 0.3) is 0 Å². The number of nitrogens with zero attached hydrogens (tertiary/aromatic N) is 1. The van der Waals surface area contributed by atoms with Gasteiger partial charge in [0.2, 0.25) is 0 Å². The number of para-hydroxylation sites is 1. The summed E-state index contributed by atoms with van der Waals surface area (Å²) in [6.07, 6.45) is 2.27. The van der Waals surface area contributed by atoms with Gasteiger partial charge in [-0.05, 0) is 55.6 Å². The SMILES string of the molecule is Cn1c(-c2cccc(F)c2)c(C2CCNCC2)c2ccccc21. The van der Waals surface area contributed by atoms with E-state index in [-0.39, 0.29) is 5.82 Å². The highest BCUT2D eigenvalue weighted by Gasteiger charge is 2.25. The highest BCUT2D eigenvalue weighted by Crippen LogP contribution is 2.40. The molecule has 0 unspecified atom stereocenters. The van der Waals surface area contributed by atoms with Crippen LogP contribution in [-0.4, -0.2) is 17.7 Å². The smallest absolute Gasteiger partial charge is 0.123 e. The van der Waals surface area contributed by atoms with Crippen LogP contribution in [0.1, 0.15) is 24.3 Å². The Bertz CT molecular complexity index is 844. The van der Waals surface area contributed by atoms with E-state index < -0.39 is 0 Å². The quantitative estimate of drug-likeness (QED) is 0.740. The molecule has 23 heavy (non-hydrogen) atoms. The number of aryl methyl sites for hydroxylation is 1. The number of fused-ring (bicyclic) bond motifs is 1. The highest BCUT2D eigenvalue weighted by molar-refractivity contribution is 5.92. The van der Waals surface area contributed by atoms with Gasteiger partial charge in [-0.2, -0.15) is 0 Å². The summed E-state index contributed by atoms with van der Waals surface area (Å²) in [6.45, 7) is 2.10. The highest BCUT2D eigenvalue weighted by atomic mass is 19.1. The molecule has 0 saturated carbocycles. The summed E-state index contributed by atoms with van der Waals surface area (Å²) >= 11 is 0. The van der Waals surface area contributed by atoms with Crippen molar-refractivity contribution < 1.29 is 4.39 Å². The first-order chi connectivity index (χ1) is 11.3. The second-order valence-corrected chi connectivity index (χ2v) is 6.37. The predicted octanol–water partition coefficient (Wildman–Crippen LogP) is 4.45. The Hall–Kier alpha value is -2.13. The Kier molecular flexibility index (Phi) is 3.66. The standard InChI is InChI=1S/C20H21FN2/c1-23-18-8-3-2-7-17(18)19(14-9-11-22-12-10-14)20(23)15-5-4-6-16(21)13-15/h2-8,13-14,22H,9-12H2,1H3. The van der Waals surface area contributed by atoms with Crippen molar-refractivity contribution >= 4 is 10.9 Å². The molecule has 1 N–H and O–H groups in total. The number of rotatable bonds is 2. The van der Waals surface area contributed by atoms with Crippen LogP contribution in [0.25, 0.3) is 22.2 Å². The lowest BCUT2D eigenvalue weighted by molar-refractivity contribution is 0.462. The maximum absolute atomic E-state index is 13.8. The summed E-state index contributed by atoms with van der Waals surface area (Å²) in [5.41, 5.74) is 4.74. The number of nitrogens with one attached hydrogen (secondary N) is 1. The Morgan fingerprint density at radius 3 is 2.61 bits per heavy atom. The first-order valence-corrected chi connectivity index (χ1v) is 8.29. The van der Waals surface area contributed by atoms with Crippen LogP contribution in [0.3, 0.4) is 0 Å².